The summed E-state index contributed by atoms with van der Waals surface area (Å²) in [6.45, 7) is 1.49. The molecule has 0 spiro atoms. The summed E-state index contributed by atoms with van der Waals surface area (Å²) in [5.74, 6) is -1.48. The van der Waals surface area contributed by atoms with Crippen LogP contribution in [0.1, 0.15) is 29.7 Å². The second-order valence-corrected chi connectivity index (χ2v) is 6.58. The number of carbonyl (C=O) groups excluding carboxylic acids is 2. The molecule has 9 heteroatoms. The lowest BCUT2D eigenvalue weighted by molar-refractivity contribution is 0.0538. The average molecular weight is 361 g/mol. The summed E-state index contributed by atoms with van der Waals surface area (Å²) in [4.78, 5) is 52.9. The van der Waals surface area contributed by atoms with Crippen molar-refractivity contribution in [1.29, 1.82) is 0 Å². The van der Waals surface area contributed by atoms with Crippen LogP contribution in [0.2, 0.25) is 0 Å². The van der Waals surface area contributed by atoms with Crippen molar-refractivity contribution in [3.05, 3.63) is 56.1 Å². The van der Waals surface area contributed by atoms with Crippen LogP contribution in [0.4, 0.5) is 0 Å². The van der Waals surface area contributed by atoms with Gasteiger partial charge in [-0.2, -0.15) is 0 Å². The van der Waals surface area contributed by atoms with E-state index in [1.807, 2.05) is 0 Å². The van der Waals surface area contributed by atoms with Crippen LogP contribution < -0.4 is 5.56 Å². The Balaban J connectivity index is 1.62. The molecule has 2 aromatic rings. The predicted octanol–water partition coefficient (Wildman–Crippen LogP) is 0.733. The van der Waals surface area contributed by atoms with Crippen LogP contribution >= 0.6 is 11.3 Å². The molecule has 0 radical (unpaired) electrons. The molecular formula is C16H15N3O5S. The van der Waals surface area contributed by atoms with Gasteiger partial charge in [-0.15, -0.1) is 11.3 Å². The molecule has 3 rings (SSSR count). The molecule has 2 amide bonds. The number of aromatic amines is 1. The summed E-state index contributed by atoms with van der Waals surface area (Å²) in [5.41, 5.74) is 0.118. The zero-order chi connectivity index (χ0) is 18.0. The van der Waals surface area contributed by atoms with E-state index in [1.54, 1.807) is 9.80 Å². The molecule has 2 aromatic heterocycles. The van der Waals surface area contributed by atoms with Gasteiger partial charge in [-0.05, 0) is 18.2 Å². The van der Waals surface area contributed by atoms with E-state index in [9.17, 15) is 19.2 Å². The number of aromatic carboxylic acids is 1. The molecule has 25 heavy (non-hydrogen) atoms. The minimum absolute atomic E-state index is 0.121. The normalized spacial score (nSPS) is 14.4. The molecule has 0 aliphatic carbocycles. The van der Waals surface area contributed by atoms with Crippen molar-refractivity contribution >= 4 is 29.1 Å². The zero-order valence-electron chi connectivity index (χ0n) is 13.1. The van der Waals surface area contributed by atoms with E-state index in [-0.39, 0.29) is 22.3 Å². The quantitative estimate of drug-likeness (QED) is 0.837. The Bertz CT molecular complexity index is 859. The second kappa shape index (κ2) is 6.89. The average Bonchev–Trinajstić information content (AvgIpc) is 3.12. The lowest BCUT2D eigenvalue weighted by Gasteiger charge is -2.34. The molecule has 0 aromatic carbocycles. The molecule has 0 bridgehead atoms. The van der Waals surface area contributed by atoms with Crippen LogP contribution in [0, 0.1) is 0 Å². The second-order valence-electron chi connectivity index (χ2n) is 5.50. The van der Waals surface area contributed by atoms with Gasteiger partial charge >= 0.3 is 5.97 Å². The highest BCUT2D eigenvalue weighted by Crippen LogP contribution is 2.19. The van der Waals surface area contributed by atoms with E-state index >= 15 is 0 Å². The number of amides is 2. The number of hydrogen-bond acceptors (Lipinski definition) is 5. The number of nitrogens with zero attached hydrogens (tertiary/aromatic N) is 2. The van der Waals surface area contributed by atoms with Gasteiger partial charge in [0.05, 0.1) is 10.4 Å². The Kier molecular flexibility index (Phi) is 4.66. The summed E-state index contributed by atoms with van der Waals surface area (Å²) in [6.07, 6.45) is 1.38. The fourth-order valence-corrected chi connectivity index (χ4v) is 3.38. The van der Waals surface area contributed by atoms with Crippen LogP contribution in [-0.4, -0.2) is 63.9 Å². The van der Waals surface area contributed by atoms with Crippen molar-refractivity contribution in [3.63, 3.8) is 0 Å². The number of rotatable bonds is 3. The maximum atomic E-state index is 12.4. The number of aromatic nitrogens is 1. The van der Waals surface area contributed by atoms with Gasteiger partial charge < -0.3 is 19.9 Å². The first-order chi connectivity index (χ1) is 12.0. The molecule has 1 aliphatic rings. The highest BCUT2D eigenvalue weighted by atomic mass is 32.1. The zero-order valence-corrected chi connectivity index (χ0v) is 13.9. The van der Waals surface area contributed by atoms with Crippen molar-refractivity contribution < 1.29 is 19.5 Å². The van der Waals surface area contributed by atoms with Gasteiger partial charge in [0.15, 0.2) is 0 Å². The van der Waals surface area contributed by atoms with Crippen molar-refractivity contribution in [3.8, 4) is 0 Å². The van der Waals surface area contributed by atoms with E-state index in [0.29, 0.717) is 36.6 Å². The number of pyridine rings is 1. The Morgan fingerprint density at radius 1 is 0.920 bits per heavy atom. The molecule has 130 valence electrons. The van der Waals surface area contributed by atoms with E-state index in [4.69, 9.17) is 5.11 Å². The first-order valence-electron chi connectivity index (χ1n) is 7.56. The number of piperazine rings is 1. The van der Waals surface area contributed by atoms with E-state index in [2.05, 4.69) is 4.98 Å². The van der Waals surface area contributed by atoms with Gasteiger partial charge in [-0.25, -0.2) is 4.79 Å². The Morgan fingerprint density at radius 3 is 2.04 bits per heavy atom. The van der Waals surface area contributed by atoms with Crippen molar-refractivity contribution in [1.82, 2.24) is 14.8 Å². The van der Waals surface area contributed by atoms with E-state index in [1.165, 1.54) is 30.5 Å². The van der Waals surface area contributed by atoms with Gasteiger partial charge in [0, 0.05) is 38.4 Å². The highest BCUT2D eigenvalue weighted by molar-refractivity contribution is 7.15. The Labute approximate surface area is 146 Å². The van der Waals surface area contributed by atoms with Crippen LogP contribution in [0.5, 0.6) is 0 Å². The molecule has 0 saturated carbocycles. The Hall–Kier alpha value is -2.94. The molecule has 1 fully saturated rings. The number of thiophene rings is 1. The summed E-state index contributed by atoms with van der Waals surface area (Å²) < 4.78 is 0. The summed E-state index contributed by atoms with van der Waals surface area (Å²) in [6, 6.07) is 5.69. The van der Waals surface area contributed by atoms with E-state index in [0.717, 1.165) is 11.3 Å². The van der Waals surface area contributed by atoms with Crippen molar-refractivity contribution in [2.75, 3.05) is 26.2 Å². The standard InChI is InChI=1S/C16H15N3O5S/c20-13-4-1-10(9-17-13)14(21)18-5-7-19(8-6-18)15(22)11-2-3-12(25-11)16(23)24/h1-4,9H,5-8H2,(H,17,20)(H,23,24). The first-order valence-corrected chi connectivity index (χ1v) is 8.38. The maximum Gasteiger partial charge on any atom is 0.345 e. The number of nitrogens with one attached hydrogen (secondary N) is 1. The molecule has 8 nitrogen and oxygen atoms in total. The molecule has 2 N–H and O–H groups in total. The molecule has 1 saturated heterocycles. The lowest BCUT2D eigenvalue weighted by atomic mass is 10.2. The van der Waals surface area contributed by atoms with Crippen molar-refractivity contribution in [2.24, 2.45) is 0 Å². The largest absolute Gasteiger partial charge is 0.477 e. The summed E-state index contributed by atoms with van der Waals surface area (Å²) >= 11 is 0.943. The SMILES string of the molecule is O=C(O)c1ccc(C(=O)N2CCN(C(=O)c3ccc(=O)[nH]c3)CC2)s1. The lowest BCUT2D eigenvalue weighted by Crippen LogP contribution is -2.50. The predicted molar refractivity (Wildman–Crippen MR) is 90.1 cm³/mol. The van der Waals surface area contributed by atoms with Gasteiger partial charge in [-0.3, -0.25) is 14.4 Å². The monoisotopic (exact) mass is 361 g/mol. The first kappa shape index (κ1) is 16.9. The fourth-order valence-electron chi connectivity index (χ4n) is 2.56. The van der Waals surface area contributed by atoms with Crippen LogP contribution in [0.15, 0.2) is 35.3 Å². The number of hydrogen-bond donors (Lipinski definition) is 2. The molecule has 3 heterocycles. The number of carboxylic acids is 1. The molecule has 0 atom stereocenters. The number of carboxylic acid groups (broad SMARTS) is 1. The Morgan fingerprint density at radius 2 is 1.52 bits per heavy atom. The van der Waals surface area contributed by atoms with Gasteiger partial charge in [0.2, 0.25) is 5.56 Å². The van der Waals surface area contributed by atoms with E-state index < -0.39 is 5.97 Å². The number of H-pyrrole nitrogens is 1. The topological polar surface area (TPSA) is 111 Å². The van der Waals surface area contributed by atoms with Crippen LogP contribution in [-0.2, 0) is 0 Å². The number of carbonyl (C=O) groups is 3. The highest BCUT2D eigenvalue weighted by Gasteiger charge is 2.26. The fraction of sp³-hybridized carbons (Fsp3) is 0.250. The summed E-state index contributed by atoms with van der Waals surface area (Å²) in [7, 11) is 0. The van der Waals surface area contributed by atoms with Gasteiger partial charge in [0.25, 0.3) is 11.8 Å². The van der Waals surface area contributed by atoms with Crippen molar-refractivity contribution in [2.45, 2.75) is 0 Å². The van der Waals surface area contributed by atoms with Crippen LogP contribution in [0.3, 0.4) is 0 Å². The minimum Gasteiger partial charge on any atom is -0.477 e. The third kappa shape index (κ3) is 3.61. The third-order valence-electron chi connectivity index (χ3n) is 3.91. The molecule has 0 unspecified atom stereocenters. The molecular weight excluding hydrogens is 346 g/mol. The van der Waals surface area contributed by atoms with Gasteiger partial charge in [0.1, 0.15) is 4.88 Å². The van der Waals surface area contributed by atoms with Crippen LogP contribution in [0.25, 0.3) is 0 Å². The minimum atomic E-state index is -1.06. The molecule has 1 aliphatic heterocycles. The summed E-state index contributed by atoms with van der Waals surface area (Å²) in [5, 5.41) is 8.93. The maximum absolute atomic E-state index is 12.4. The third-order valence-corrected chi connectivity index (χ3v) is 4.97. The smallest absolute Gasteiger partial charge is 0.345 e. The van der Waals surface area contributed by atoms with Gasteiger partial charge in [-0.1, -0.05) is 0 Å².